The number of hydrogen-bond donors (Lipinski definition) is 4. The third kappa shape index (κ3) is 8.27. The van der Waals surface area contributed by atoms with Crippen LogP contribution >= 0.6 is 0 Å². The number of unbranched alkanes of at least 4 members (excludes halogenated alkanes) is 1. The Kier molecular flexibility index (Phi) is 11.7. The first-order valence-corrected chi connectivity index (χ1v) is 18.3. The lowest BCUT2D eigenvalue weighted by Gasteiger charge is -2.27. The second kappa shape index (κ2) is 16.8. The van der Waals surface area contributed by atoms with Crippen molar-refractivity contribution >= 4 is 51.5 Å². The van der Waals surface area contributed by atoms with Crippen LogP contribution in [0.5, 0.6) is 17.2 Å². The van der Waals surface area contributed by atoms with E-state index in [4.69, 9.17) is 4.42 Å². The Labute approximate surface area is 333 Å². The zero-order chi connectivity index (χ0) is 42.7. The zero-order valence-corrected chi connectivity index (χ0v) is 32.0. The highest BCUT2D eigenvalue weighted by molar-refractivity contribution is 6.23. The number of benzene rings is 3. The summed E-state index contributed by atoms with van der Waals surface area (Å²) >= 11 is 0. The number of aryl methyl sites for hydroxylation is 2. The number of nitrogens with zero attached hydrogens (tertiary/aromatic N) is 5. The van der Waals surface area contributed by atoms with Gasteiger partial charge in [-0.05, 0) is 56.0 Å². The minimum Gasteiger partial charge on any atom is -0.508 e. The van der Waals surface area contributed by atoms with Crippen molar-refractivity contribution in [2.75, 3.05) is 0 Å². The minimum atomic E-state index is -0.898. The fourth-order valence-corrected chi connectivity index (χ4v) is 6.72. The molecule has 59 heavy (non-hydrogen) atoms. The summed E-state index contributed by atoms with van der Waals surface area (Å²) in [7, 11) is 3.32. The molecule has 1 unspecified atom stereocenters. The second-order valence-corrected chi connectivity index (χ2v) is 13.8. The van der Waals surface area contributed by atoms with Crippen molar-refractivity contribution in [3.8, 4) is 28.4 Å². The number of carbonyl (C=O) groups is 5. The highest BCUT2D eigenvalue weighted by Gasteiger charge is 2.44. The average molecular weight is 807 g/mol. The summed E-state index contributed by atoms with van der Waals surface area (Å²) in [6.07, 6.45) is 4.86. The van der Waals surface area contributed by atoms with E-state index in [1.807, 2.05) is 0 Å². The third-order valence-corrected chi connectivity index (χ3v) is 9.73. The van der Waals surface area contributed by atoms with Gasteiger partial charge >= 0.3 is 5.69 Å². The maximum atomic E-state index is 12.4. The molecule has 0 saturated carbocycles. The number of phenolic OH excluding ortho intramolecular Hbond substituents is 3. The number of imidazole rings is 1. The Morgan fingerprint density at radius 2 is 1.53 bits per heavy atom. The molecule has 1 fully saturated rings. The van der Waals surface area contributed by atoms with Crippen molar-refractivity contribution in [1.82, 2.24) is 28.9 Å². The molecule has 0 radical (unpaired) electrons. The molecular formula is C41H38N6O12. The van der Waals surface area contributed by atoms with E-state index in [2.05, 4.69) is 10.3 Å². The molecule has 1 atom stereocenters. The largest absolute Gasteiger partial charge is 0.508 e. The van der Waals surface area contributed by atoms with Gasteiger partial charge in [-0.3, -0.25) is 48.1 Å². The molecule has 304 valence electrons. The van der Waals surface area contributed by atoms with Crippen LogP contribution in [0.25, 0.3) is 33.3 Å². The molecule has 3 aromatic carbocycles. The highest BCUT2D eigenvalue weighted by atomic mass is 16.3. The number of aromatic hydroxyl groups is 3. The van der Waals surface area contributed by atoms with E-state index in [0.29, 0.717) is 53.7 Å². The van der Waals surface area contributed by atoms with Gasteiger partial charge in [0, 0.05) is 45.6 Å². The van der Waals surface area contributed by atoms with Crippen molar-refractivity contribution in [2.24, 2.45) is 14.1 Å². The number of rotatable bonds is 7. The summed E-state index contributed by atoms with van der Waals surface area (Å²) in [5.74, 6) is -2.24. The van der Waals surface area contributed by atoms with Crippen molar-refractivity contribution in [3.63, 3.8) is 0 Å². The maximum Gasteiger partial charge on any atom is 0.332 e. The van der Waals surface area contributed by atoms with Gasteiger partial charge < -0.3 is 29.1 Å². The Morgan fingerprint density at radius 3 is 2.15 bits per heavy atom. The predicted molar refractivity (Wildman–Crippen MR) is 211 cm³/mol. The molecule has 18 nitrogen and oxygen atoms in total. The van der Waals surface area contributed by atoms with Gasteiger partial charge in [-0.2, -0.15) is 0 Å². The minimum absolute atomic E-state index is 0.00775. The summed E-state index contributed by atoms with van der Waals surface area (Å²) in [6, 6.07) is 13.9. The summed E-state index contributed by atoms with van der Waals surface area (Å²) in [5, 5.41) is 30.6. The lowest BCUT2D eigenvalue weighted by Crippen LogP contribution is -2.54. The molecule has 0 bridgehead atoms. The molecule has 4 amide bonds. The molecule has 8 rings (SSSR count). The molecular weight excluding hydrogens is 768 g/mol. The van der Waals surface area contributed by atoms with Crippen LogP contribution < -0.4 is 22.0 Å². The van der Waals surface area contributed by atoms with Crippen LogP contribution in [0.3, 0.4) is 0 Å². The van der Waals surface area contributed by atoms with Gasteiger partial charge in [0.05, 0.1) is 23.0 Å². The first-order chi connectivity index (χ1) is 28.1. The number of carbonyl (C=O) groups excluding carboxylic acids is 5. The number of aromatic nitrogens is 4. The number of Topliss-reactive ketones (excluding diaryl/α,β-unsaturated/α-hetero) is 1. The van der Waals surface area contributed by atoms with E-state index in [1.165, 1.54) is 46.8 Å². The quantitative estimate of drug-likeness (QED) is 0.134. The van der Waals surface area contributed by atoms with Crippen LogP contribution in [-0.4, -0.2) is 74.4 Å². The van der Waals surface area contributed by atoms with Crippen molar-refractivity contribution in [3.05, 3.63) is 115 Å². The molecule has 0 spiro atoms. The first kappa shape index (κ1) is 41.0. The smallest absolute Gasteiger partial charge is 0.332 e. The Bertz CT molecular complexity index is 2820. The Morgan fingerprint density at radius 1 is 0.864 bits per heavy atom. The number of hydrogen-bond acceptors (Lipinski definition) is 13. The Balaban J connectivity index is 0.000000149. The van der Waals surface area contributed by atoms with Gasteiger partial charge in [0.1, 0.15) is 46.3 Å². The number of piperidine rings is 1. The lowest BCUT2D eigenvalue weighted by molar-refractivity contribution is -0.136. The van der Waals surface area contributed by atoms with E-state index in [-0.39, 0.29) is 69.6 Å². The third-order valence-electron chi connectivity index (χ3n) is 9.73. The predicted octanol–water partition coefficient (Wildman–Crippen LogP) is 2.86. The first-order valence-electron chi connectivity index (χ1n) is 18.3. The van der Waals surface area contributed by atoms with Gasteiger partial charge in [0.2, 0.25) is 17.2 Å². The van der Waals surface area contributed by atoms with Crippen LogP contribution in [0, 0.1) is 0 Å². The van der Waals surface area contributed by atoms with E-state index in [0.717, 1.165) is 11.0 Å². The van der Waals surface area contributed by atoms with Gasteiger partial charge in [-0.15, -0.1) is 0 Å². The lowest BCUT2D eigenvalue weighted by atomic mass is 10.0. The molecule has 1 saturated heterocycles. The number of phenols is 3. The summed E-state index contributed by atoms with van der Waals surface area (Å²) in [6.45, 7) is 1.85. The number of ketones is 1. The van der Waals surface area contributed by atoms with Crippen LogP contribution in [0.4, 0.5) is 0 Å². The number of imide groups is 2. The molecule has 3 aromatic heterocycles. The van der Waals surface area contributed by atoms with Crippen LogP contribution in [0.2, 0.25) is 0 Å². The van der Waals surface area contributed by atoms with E-state index >= 15 is 0 Å². The van der Waals surface area contributed by atoms with E-state index in [9.17, 15) is 53.7 Å². The summed E-state index contributed by atoms with van der Waals surface area (Å²) in [5.41, 5.74) is 1.24. The molecule has 6 aromatic rings. The normalized spacial score (nSPS) is 14.7. The van der Waals surface area contributed by atoms with Gasteiger partial charge in [0.25, 0.3) is 17.4 Å². The van der Waals surface area contributed by atoms with Crippen LogP contribution in [0.15, 0.2) is 92.1 Å². The van der Waals surface area contributed by atoms with Crippen LogP contribution in [-0.2, 0) is 35.0 Å². The average Bonchev–Trinajstić information content (AvgIpc) is 3.70. The van der Waals surface area contributed by atoms with Gasteiger partial charge in [-0.1, -0.05) is 24.3 Å². The highest BCUT2D eigenvalue weighted by Crippen LogP contribution is 2.30. The van der Waals surface area contributed by atoms with E-state index < -0.39 is 29.2 Å². The molecule has 2 aliphatic heterocycles. The fourth-order valence-electron chi connectivity index (χ4n) is 6.72. The summed E-state index contributed by atoms with van der Waals surface area (Å²) in [4.78, 5) is 100.0. The van der Waals surface area contributed by atoms with Crippen molar-refractivity contribution in [2.45, 2.75) is 51.6 Å². The number of amides is 4. The van der Waals surface area contributed by atoms with Crippen molar-refractivity contribution < 1.29 is 43.7 Å². The van der Waals surface area contributed by atoms with Gasteiger partial charge in [0.15, 0.2) is 11.2 Å². The standard InChI is InChI=1S/C15H10O5.C13H18N4O3.C13H10N2O4/c16-9-3-1-8(2-4-9)11-7-20-13-6-10(17)5-12(18)14(13)15(11)19;1-9(18)6-4-5-7-17-12(19)10-11(14-8-15(10)2)16(3)13(17)20;16-10-6-5-9(11(17)14-10)15-12(18)7-3-1-2-4-8(7)13(15)19/h1-7,16-18H;8H,4-7H2,1-3H3;1-4,9H,5-6H2,(H,14,16,17). The molecule has 0 aliphatic carbocycles. The monoisotopic (exact) mass is 806 g/mol. The summed E-state index contributed by atoms with van der Waals surface area (Å²) < 4.78 is 9.49. The molecule has 5 heterocycles. The SMILES string of the molecule is CC(=O)CCCCn1c(=O)c2c(ncn2C)n(C)c1=O.O=C1CCC(N2C(=O)c3ccccc3C2=O)C(=O)N1.O=c1c(-c2ccc(O)cc2)coc2cc(O)cc(O)c12. The van der Waals surface area contributed by atoms with Crippen molar-refractivity contribution in [1.29, 1.82) is 0 Å². The second-order valence-electron chi connectivity index (χ2n) is 13.8. The van der Waals surface area contributed by atoms with Gasteiger partial charge in [-0.25, -0.2) is 9.78 Å². The van der Waals surface area contributed by atoms with Crippen LogP contribution in [0.1, 0.15) is 59.7 Å². The molecule has 2 aliphatic rings. The Hall–Kier alpha value is -7.63. The molecule has 18 heteroatoms. The topological polar surface area (TPSA) is 253 Å². The maximum absolute atomic E-state index is 12.4. The zero-order valence-electron chi connectivity index (χ0n) is 32.0. The fraction of sp³-hybridized carbons (Fsp3) is 0.244. The number of fused-ring (bicyclic) bond motifs is 3. The number of nitrogens with one attached hydrogen (secondary N) is 1. The van der Waals surface area contributed by atoms with E-state index in [1.54, 1.807) is 55.1 Å². The molecule has 4 N–H and O–H groups in total.